The number of methoxy groups -OCH3 is 2. The molecular weight excluding hydrogens is 360 g/mol. The molecule has 0 amide bonds. The standard InChI is InChI=1S/C17H24N2O4S2/c1-10-12(15(20)22-2)14(25-13(10)16(21)23-3)19-17(24)18-11-8-6-4-5-7-9-11/h11H,4-9H2,1-3H3,(H2,18,19,24). The summed E-state index contributed by atoms with van der Waals surface area (Å²) in [6.45, 7) is 1.70. The second kappa shape index (κ2) is 9.15. The maximum absolute atomic E-state index is 12.1. The van der Waals surface area contributed by atoms with Crippen LogP contribution in [0.2, 0.25) is 0 Å². The molecule has 0 spiro atoms. The fourth-order valence-corrected chi connectivity index (χ4v) is 4.44. The van der Waals surface area contributed by atoms with Gasteiger partial charge in [0.25, 0.3) is 0 Å². The summed E-state index contributed by atoms with van der Waals surface area (Å²) in [5.74, 6) is -0.994. The first kappa shape index (κ1) is 19.7. The molecule has 0 unspecified atom stereocenters. The minimum absolute atomic E-state index is 0.318. The molecule has 1 heterocycles. The van der Waals surface area contributed by atoms with Gasteiger partial charge in [0.05, 0.1) is 19.8 Å². The molecule has 2 rings (SSSR count). The summed E-state index contributed by atoms with van der Waals surface area (Å²) >= 11 is 6.55. The number of esters is 2. The number of carbonyl (C=O) groups is 2. The van der Waals surface area contributed by atoms with Crippen molar-refractivity contribution in [3.63, 3.8) is 0 Å². The predicted octanol–water partition coefficient (Wildman–Crippen LogP) is 3.64. The van der Waals surface area contributed by atoms with Gasteiger partial charge >= 0.3 is 11.9 Å². The molecule has 1 aliphatic carbocycles. The molecule has 1 aromatic heterocycles. The molecule has 0 saturated heterocycles. The van der Waals surface area contributed by atoms with Gasteiger partial charge in [0.15, 0.2) is 5.11 Å². The molecule has 1 fully saturated rings. The molecule has 0 radical (unpaired) electrons. The van der Waals surface area contributed by atoms with Gasteiger partial charge < -0.3 is 20.1 Å². The van der Waals surface area contributed by atoms with Crippen LogP contribution in [0.4, 0.5) is 5.00 Å². The van der Waals surface area contributed by atoms with Crippen LogP contribution >= 0.6 is 23.6 Å². The smallest absolute Gasteiger partial charge is 0.348 e. The van der Waals surface area contributed by atoms with Crippen LogP contribution in [0.15, 0.2) is 0 Å². The van der Waals surface area contributed by atoms with E-state index in [0.29, 0.717) is 32.2 Å². The van der Waals surface area contributed by atoms with Crippen molar-refractivity contribution in [3.8, 4) is 0 Å². The van der Waals surface area contributed by atoms with Crippen LogP contribution in [0.3, 0.4) is 0 Å². The molecule has 6 nitrogen and oxygen atoms in total. The third kappa shape index (κ3) is 4.92. The van der Waals surface area contributed by atoms with Crippen molar-refractivity contribution in [3.05, 3.63) is 16.0 Å². The van der Waals surface area contributed by atoms with Crippen molar-refractivity contribution in [1.82, 2.24) is 5.32 Å². The Morgan fingerprint density at radius 3 is 2.24 bits per heavy atom. The van der Waals surface area contributed by atoms with Gasteiger partial charge in [-0.15, -0.1) is 11.3 Å². The number of thiocarbonyl (C=S) groups is 1. The van der Waals surface area contributed by atoms with Crippen LogP contribution < -0.4 is 10.6 Å². The monoisotopic (exact) mass is 384 g/mol. The lowest BCUT2D eigenvalue weighted by atomic mass is 10.1. The predicted molar refractivity (Wildman–Crippen MR) is 103 cm³/mol. The van der Waals surface area contributed by atoms with Gasteiger partial charge in [0, 0.05) is 6.04 Å². The van der Waals surface area contributed by atoms with E-state index in [-0.39, 0.29) is 0 Å². The zero-order valence-electron chi connectivity index (χ0n) is 14.8. The summed E-state index contributed by atoms with van der Waals surface area (Å²) in [4.78, 5) is 24.4. The fourth-order valence-electron chi connectivity index (χ4n) is 2.99. The Morgan fingerprint density at radius 1 is 1.08 bits per heavy atom. The zero-order chi connectivity index (χ0) is 18.4. The number of hydrogen-bond acceptors (Lipinski definition) is 6. The average Bonchev–Trinajstić information content (AvgIpc) is 2.77. The van der Waals surface area contributed by atoms with Crippen LogP contribution in [-0.2, 0) is 9.47 Å². The van der Waals surface area contributed by atoms with E-state index in [4.69, 9.17) is 21.7 Å². The lowest BCUT2D eigenvalue weighted by Gasteiger charge is -2.18. The van der Waals surface area contributed by atoms with Crippen LogP contribution in [0.25, 0.3) is 0 Å². The van der Waals surface area contributed by atoms with E-state index < -0.39 is 11.9 Å². The van der Waals surface area contributed by atoms with Crippen LogP contribution in [-0.4, -0.2) is 37.3 Å². The van der Waals surface area contributed by atoms with Crippen molar-refractivity contribution in [2.75, 3.05) is 19.5 Å². The zero-order valence-corrected chi connectivity index (χ0v) is 16.4. The largest absolute Gasteiger partial charge is 0.465 e. The van der Waals surface area contributed by atoms with Gasteiger partial charge in [-0.05, 0) is 37.5 Å². The Kier molecular flexibility index (Phi) is 7.19. The molecule has 1 saturated carbocycles. The summed E-state index contributed by atoms with van der Waals surface area (Å²) in [7, 11) is 2.62. The van der Waals surface area contributed by atoms with E-state index in [2.05, 4.69) is 10.6 Å². The Morgan fingerprint density at radius 2 is 1.68 bits per heavy atom. The second-order valence-corrected chi connectivity index (χ2v) is 7.46. The van der Waals surface area contributed by atoms with E-state index in [1.54, 1.807) is 6.92 Å². The molecule has 0 aromatic carbocycles. The lowest BCUT2D eigenvalue weighted by Crippen LogP contribution is -2.37. The maximum Gasteiger partial charge on any atom is 0.348 e. The highest BCUT2D eigenvalue weighted by Gasteiger charge is 2.26. The number of thiophene rings is 1. The number of carbonyl (C=O) groups excluding carboxylic acids is 2. The third-order valence-corrected chi connectivity index (χ3v) is 5.73. The van der Waals surface area contributed by atoms with Gasteiger partial charge in [0.1, 0.15) is 9.88 Å². The molecule has 1 aromatic rings. The third-order valence-electron chi connectivity index (χ3n) is 4.32. The van der Waals surface area contributed by atoms with Crippen molar-refractivity contribution in [2.24, 2.45) is 0 Å². The maximum atomic E-state index is 12.1. The van der Waals surface area contributed by atoms with Crippen molar-refractivity contribution in [1.29, 1.82) is 0 Å². The highest BCUT2D eigenvalue weighted by Crippen LogP contribution is 2.34. The molecule has 1 aliphatic rings. The van der Waals surface area contributed by atoms with E-state index in [9.17, 15) is 9.59 Å². The number of anilines is 1. The molecule has 25 heavy (non-hydrogen) atoms. The minimum Gasteiger partial charge on any atom is -0.465 e. The van der Waals surface area contributed by atoms with Gasteiger partial charge in [-0.25, -0.2) is 9.59 Å². The van der Waals surface area contributed by atoms with Crippen LogP contribution in [0.5, 0.6) is 0 Å². The number of ether oxygens (including phenoxy) is 2. The molecule has 138 valence electrons. The first-order valence-electron chi connectivity index (χ1n) is 8.35. The summed E-state index contributed by atoms with van der Waals surface area (Å²) < 4.78 is 9.63. The van der Waals surface area contributed by atoms with Crippen LogP contribution in [0.1, 0.15) is 64.1 Å². The molecule has 8 heteroatoms. The van der Waals surface area contributed by atoms with E-state index in [1.165, 1.54) is 39.9 Å². The summed E-state index contributed by atoms with van der Waals surface area (Å²) in [5, 5.41) is 7.34. The minimum atomic E-state index is -0.510. The second-order valence-electron chi connectivity index (χ2n) is 6.03. The Balaban J connectivity index is 2.17. The number of hydrogen-bond donors (Lipinski definition) is 2. The van der Waals surface area contributed by atoms with Crippen molar-refractivity contribution < 1.29 is 19.1 Å². The quantitative estimate of drug-likeness (QED) is 0.466. The molecule has 0 bridgehead atoms. The van der Waals surface area contributed by atoms with Gasteiger partial charge in [-0.3, -0.25) is 0 Å². The summed E-state index contributed by atoms with van der Waals surface area (Å²) in [5.41, 5.74) is 0.849. The van der Waals surface area contributed by atoms with Gasteiger partial charge in [-0.2, -0.15) is 0 Å². The average molecular weight is 385 g/mol. The van der Waals surface area contributed by atoms with E-state index >= 15 is 0 Å². The number of nitrogens with one attached hydrogen (secondary N) is 2. The van der Waals surface area contributed by atoms with Crippen molar-refractivity contribution in [2.45, 2.75) is 51.5 Å². The number of rotatable bonds is 4. The molecule has 0 atom stereocenters. The summed E-state index contributed by atoms with van der Waals surface area (Å²) in [6.07, 6.45) is 7.08. The Hall–Kier alpha value is -1.67. The highest BCUT2D eigenvalue weighted by atomic mass is 32.1. The van der Waals surface area contributed by atoms with E-state index in [1.807, 2.05) is 0 Å². The SMILES string of the molecule is COC(=O)c1sc(NC(=S)NC2CCCCCC2)c(C(=O)OC)c1C. The van der Waals surface area contributed by atoms with Gasteiger partial charge in [-0.1, -0.05) is 25.7 Å². The Bertz CT molecular complexity index is 649. The fraction of sp³-hybridized carbons (Fsp3) is 0.588. The normalized spacial score (nSPS) is 15.2. The molecule has 2 N–H and O–H groups in total. The van der Waals surface area contributed by atoms with Crippen LogP contribution in [0, 0.1) is 6.92 Å². The Labute approximate surface area is 157 Å². The molecular formula is C17H24N2O4S2. The van der Waals surface area contributed by atoms with Crippen molar-refractivity contribution >= 4 is 45.6 Å². The lowest BCUT2D eigenvalue weighted by molar-refractivity contribution is 0.0601. The topological polar surface area (TPSA) is 76.7 Å². The summed E-state index contributed by atoms with van der Waals surface area (Å²) in [6, 6.07) is 0.338. The van der Waals surface area contributed by atoms with Gasteiger partial charge in [0.2, 0.25) is 0 Å². The molecule has 0 aliphatic heterocycles. The highest BCUT2D eigenvalue weighted by molar-refractivity contribution is 7.80. The first-order valence-corrected chi connectivity index (χ1v) is 9.58. The van der Waals surface area contributed by atoms with E-state index in [0.717, 1.165) is 24.2 Å². The first-order chi connectivity index (χ1) is 12.0.